The summed E-state index contributed by atoms with van der Waals surface area (Å²) in [5.74, 6) is 0.455. The molecule has 0 heterocycles. The first-order valence-electron chi connectivity index (χ1n) is 7.14. The summed E-state index contributed by atoms with van der Waals surface area (Å²) >= 11 is 0. The number of hydrogen-bond acceptors (Lipinski definition) is 2. The maximum Gasteiger partial charge on any atom is 0.123 e. The normalized spacial score (nSPS) is 12.8. The van der Waals surface area contributed by atoms with Gasteiger partial charge in [-0.3, -0.25) is 0 Å². The van der Waals surface area contributed by atoms with Crippen molar-refractivity contribution in [2.75, 3.05) is 6.54 Å². The van der Waals surface area contributed by atoms with E-state index in [9.17, 15) is 5.11 Å². The zero-order valence-corrected chi connectivity index (χ0v) is 13.3. The van der Waals surface area contributed by atoms with Gasteiger partial charge in [-0.05, 0) is 46.9 Å². The number of phenols is 1. The molecule has 0 aliphatic carbocycles. The number of hydrogen-bond donors (Lipinski definition) is 2. The molecule has 1 aromatic carbocycles. The van der Waals surface area contributed by atoms with Gasteiger partial charge < -0.3 is 10.8 Å². The molecule has 0 saturated heterocycles. The molecule has 1 rings (SSSR count). The first-order valence-corrected chi connectivity index (χ1v) is 7.14. The summed E-state index contributed by atoms with van der Waals surface area (Å²) in [7, 11) is 0. The summed E-state index contributed by atoms with van der Waals surface area (Å²) in [4.78, 5) is 0. The minimum absolute atomic E-state index is 0.0528. The summed E-state index contributed by atoms with van der Waals surface area (Å²) < 4.78 is 0. The highest BCUT2D eigenvalue weighted by Gasteiger charge is 2.26. The van der Waals surface area contributed by atoms with Crippen LogP contribution >= 0.6 is 0 Å². The molecule has 108 valence electrons. The molecule has 0 amide bonds. The van der Waals surface area contributed by atoms with Crippen LogP contribution in [0.25, 0.3) is 0 Å². The maximum absolute atomic E-state index is 10.6. The zero-order chi connectivity index (χ0) is 14.8. The third-order valence-electron chi connectivity index (χ3n) is 3.46. The van der Waals surface area contributed by atoms with E-state index in [2.05, 4.69) is 53.7 Å². The smallest absolute Gasteiger partial charge is 0.123 e. The van der Waals surface area contributed by atoms with Crippen LogP contribution in [0, 0.1) is 0 Å². The van der Waals surface area contributed by atoms with Gasteiger partial charge in [-0.25, -0.2) is 0 Å². The van der Waals surface area contributed by atoms with Gasteiger partial charge >= 0.3 is 0 Å². The highest BCUT2D eigenvalue weighted by atomic mass is 16.3. The Hall–Kier alpha value is -1.02. The van der Waals surface area contributed by atoms with Gasteiger partial charge in [0.2, 0.25) is 0 Å². The van der Waals surface area contributed by atoms with Crippen molar-refractivity contribution in [1.29, 1.82) is 0 Å². The van der Waals surface area contributed by atoms with Gasteiger partial charge in [-0.2, -0.15) is 0 Å². The predicted octanol–water partition coefficient (Wildman–Crippen LogP) is 3.88. The second-order valence-electron chi connectivity index (χ2n) is 7.43. The molecular weight excluding hydrogens is 234 g/mol. The standard InChI is InChI=1S/C17H29NO/c1-16(2,3)13-10-12(8-7-9-18)11-14(15(13)19)17(4,5)6/h10-11,19H,7-9,18H2,1-6H3. The molecule has 2 heteroatoms. The SMILES string of the molecule is CC(C)(C)c1cc(CCCN)cc(C(C)(C)C)c1O. The third kappa shape index (κ3) is 3.97. The summed E-state index contributed by atoms with van der Waals surface area (Å²) in [6, 6.07) is 4.28. The van der Waals surface area contributed by atoms with Crippen molar-refractivity contribution >= 4 is 0 Å². The molecule has 1 aromatic rings. The quantitative estimate of drug-likeness (QED) is 0.869. The Kier molecular flexibility index (Phi) is 4.67. The second-order valence-corrected chi connectivity index (χ2v) is 7.43. The maximum atomic E-state index is 10.6. The molecule has 0 atom stereocenters. The Bertz CT molecular complexity index is 401. The average Bonchev–Trinajstić information content (AvgIpc) is 2.24. The van der Waals surface area contributed by atoms with Gasteiger partial charge in [0.15, 0.2) is 0 Å². The minimum atomic E-state index is -0.0528. The summed E-state index contributed by atoms with van der Waals surface area (Å²) in [5.41, 5.74) is 8.84. The Labute approximate surface area is 118 Å². The highest BCUT2D eigenvalue weighted by molar-refractivity contribution is 5.49. The molecule has 0 radical (unpaired) electrons. The molecule has 0 unspecified atom stereocenters. The monoisotopic (exact) mass is 263 g/mol. The molecule has 0 aliphatic heterocycles. The number of nitrogens with two attached hydrogens (primary N) is 1. The van der Waals surface area contributed by atoms with Gasteiger partial charge in [-0.1, -0.05) is 53.7 Å². The number of phenolic OH excluding ortho intramolecular Hbond substituents is 1. The van der Waals surface area contributed by atoms with E-state index >= 15 is 0 Å². The van der Waals surface area contributed by atoms with Crippen molar-refractivity contribution in [1.82, 2.24) is 0 Å². The molecular formula is C17H29NO. The molecule has 0 aromatic heterocycles. The molecule has 0 fully saturated rings. The molecule has 0 aliphatic rings. The van der Waals surface area contributed by atoms with Gasteiger partial charge in [0, 0.05) is 0 Å². The van der Waals surface area contributed by atoms with E-state index in [1.807, 2.05) is 0 Å². The lowest BCUT2D eigenvalue weighted by Crippen LogP contribution is -2.18. The Morgan fingerprint density at radius 2 is 1.37 bits per heavy atom. The van der Waals surface area contributed by atoms with Crippen LogP contribution in [-0.2, 0) is 17.3 Å². The van der Waals surface area contributed by atoms with E-state index in [-0.39, 0.29) is 10.8 Å². The molecule has 0 bridgehead atoms. The first-order chi connectivity index (χ1) is 8.57. The van der Waals surface area contributed by atoms with E-state index in [4.69, 9.17) is 5.73 Å². The number of benzene rings is 1. The second kappa shape index (κ2) is 5.54. The minimum Gasteiger partial charge on any atom is -0.507 e. The van der Waals surface area contributed by atoms with Crippen LogP contribution in [0.4, 0.5) is 0 Å². The predicted molar refractivity (Wildman–Crippen MR) is 82.9 cm³/mol. The van der Waals surface area contributed by atoms with Crippen LogP contribution in [0.15, 0.2) is 12.1 Å². The molecule has 19 heavy (non-hydrogen) atoms. The fourth-order valence-corrected chi connectivity index (χ4v) is 2.29. The lowest BCUT2D eigenvalue weighted by Gasteiger charge is -2.28. The summed E-state index contributed by atoms with van der Waals surface area (Å²) in [5, 5.41) is 10.6. The highest BCUT2D eigenvalue weighted by Crippen LogP contribution is 2.39. The fourth-order valence-electron chi connectivity index (χ4n) is 2.29. The first kappa shape index (κ1) is 16.0. The molecule has 2 nitrogen and oxygen atoms in total. The van der Waals surface area contributed by atoms with Gasteiger partial charge in [-0.15, -0.1) is 0 Å². The molecule has 3 N–H and O–H groups in total. The van der Waals surface area contributed by atoms with Crippen molar-refractivity contribution in [2.45, 2.75) is 65.2 Å². The van der Waals surface area contributed by atoms with Gasteiger partial charge in [0.25, 0.3) is 0 Å². The van der Waals surface area contributed by atoms with E-state index in [1.165, 1.54) is 5.56 Å². The molecule has 0 spiro atoms. The van der Waals surface area contributed by atoms with Crippen LogP contribution in [-0.4, -0.2) is 11.7 Å². The molecule has 0 saturated carbocycles. The lowest BCUT2D eigenvalue weighted by molar-refractivity contribution is 0.422. The summed E-state index contributed by atoms with van der Waals surface area (Å²) in [6.45, 7) is 13.5. The van der Waals surface area contributed by atoms with Crippen molar-refractivity contribution in [3.63, 3.8) is 0 Å². The van der Waals surface area contributed by atoms with E-state index < -0.39 is 0 Å². The topological polar surface area (TPSA) is 46.2 Å². The summed E-state index contributed by atoms with van der Waals surface area (Å²) in [6.07, 6.45) is 1.96. The van der Waals surface area contributed by atoms with Gasteiger partial charge in [0.1, 0.15) is 5.75 Å². The van der Waals surface area contributed by atoms with Crippen molar-refractivity contribution < 1.29 is 5.11 Å². The third-order valence-corrected chi connectivity index (χ3v) is 3.46. The van der Waals surface area contributed by atoms with Crippen LogP contribution in [0.5, 0.6) is 5.75 Å². The average molecular weight is 263 g/mol. The Morgan fingerprint density at radius 1 is 0.947 bits per heavy atom. The van der Waals surface area contributed by atoms with E-state index in [0.717, 1.165) is 24.0 Å². The van der Waals surface area contributed by atoms with Crippen LogP contribution < -0.4 is 5.73 Å². The van der Waals surface area contributed by atoms with Crippen molar-refractivity contribution in [3.8, 4) is 5.75 Å². The van der Waals surface area contributed by atoms with Gasteiger partial charge in [0.05, 0.1) is 0 Å². The van der Waals surface area contributed by atoms with Crippen LogP contribution in [0.2, 0.25) is 0 Å². The lowest BCUT2D eigenvalue weighted by atomic mass is 9.78. The zero-order valence-electron chi connectivity index (χ0n) is 13.3. The van der Waals surface area contributed by atoms with E-state index in [0.29, 0.717) is 12.3 Å². The van der Waals surface area contributed by atoms with Crippen molar-refractivity contribution in [2.24, 2.45) is 5.73 Å². The van der Waals surface area contributed by atoms with E-state index in [1.54, 1.807) is 0 Å². The number of aryl methyl sites for hydroxylation is 1. The number of rotatable bonds is 3. The van der Waals surface area contributed by atoms with Crippen LogP contribution in [0.1, 0.15) is 64.7 Å². The van der Waals surface area contributed by atoms with Crippen LogP contribution in [0.3, 0.4) is 0 Å². The number of aromatic hydroxyl groups is 1. The van der Waals surface area contributed by atoms with Crippen molar-refractivity contribution in [3.05, 3.63) is 28.8 Å². The fraction of sp³-hybridized carbons (Fsp3) is 0.647. The Balaban J connectivity index is 3.39. The Morgan fingerprint density at radius 3 is 1.68 bits per heavy atom. The largest absolute Gasteiger partial charge is 0.507 e.